The fraction of sp³-hybridized carbons (Fsp3) is 0.677. The summed E-state index contributed by atoms with van der Waals surface area (Å²) in [6.07, 6.45) is 13.0. The number of nitrogens with zero attached hydrogens (tertiary/aromatic N) is 5. The molecule has 3 aliphatic heterocycles. The number of hydrogen-bond acceptors (Lipinski definition) is 7. The number of rotatable bonds is 4. The lowest BCUT2D eigenvalue weighted by molar-refractivity contribution is -0.170. The first-order chi connectivity index (χ1) is 21.2. The molecular weight excluding hydrogens is 573 g/mol. The van der Waals surface area contributed by atoms with Crippen LogP contribution >= 0.6 is 0 Å². The number of pyridine rings is 1. The van der Waals surface area contributed by atoms with E-state index in [9.17, 15) is 18.4 Å². The smallest absolute Gasteiger partial charge is 0.282 e. The van der Waals surface area contributed by atoms with Gasteiger partial charge in [0, 0.05) is 31.7 Å². The summed E-state index contributed by atoms with van der Waals surface area (Å²) in [5, 5.41) is 10.7. The van der Waals surface area contributed by atoms with E-state index < -0.39 is 36.6 Å². The zero-order chi connectivity index (χ0) is 30.9. The third-order valence-corrected chi connectivity index (χ3v) is 9.95. The Morgan fingerprint density at radius 2 is 1.64 bits per heavy atom. The Labute approximate surface area is 255 Å². The van der Waals surface area contributed by atoms with Crippen molar-refractivity contribution in [1.29, 1.82) is 0 Å². The average molecular weight is 617 g/mol. The largest absolute Gasteiger partial charge is 0.381 e. The maximum absolute atomic E-state index is 15.8. The van der Waals surface area contributed by atoms with E-state index in [2.05, 4.69) is 25.6 Å². The summed E-state index contributed by atoms with van der Waals surface area (Å²) < 4.78 is 44.1. The molecule has 5 heterocycles. The number of hydrogen-bond donors (Lipinski definition) is 3. The van der Waals surface area contributed by atoms with Crippen molar-refractivity contribution < 1.29 is 22.8 Å². The number of amides is 2. The molecule has 1 aliphatic carbocycles. The fourth-order valence-electron chi connectivity index (χ4n) is 7.46. The van der Waals surface area contributed by atoms with Gasteiger partial charge in [-0.25, -0.2) is 17.9 Å². The van der Waals surface area contributed by atoms with E-state index in [1.54, 1.807) is 23.1 Å². The van der Waals surface area contributed by atoms with E-state index in [0.717, 1.165) is 44.2 Å². The highest BCUT2D eigenvalue weighted by Gasteiger charge is 2.48. The van der Waals surface area contributed by atoms with E-state index in [-0.39, 0.29) is 29.8 Å². The van der Waals surface area contributed by atoms with Crippen LogP contribution in [0, 0.1) is 5.92 Å². The van der Waals surface area contributed by atoms with Crippen LogP contribution in [0.5, 0.6) is 0 Å². The van der Waals surface area contributed by atoms with E-state index in [0.29, 0.717) is 50.3 Å². The summed E-state index contributed by atoms with van der Waals surface area (Å²) in [5.74, 6) is -3.26. The highest BCUT2D eigenvalue weighted by Crippen LogP contribution is 2.43. The predicted octanol–water partition coefficient (Wildman–Crippen LogP) is 5.18. The molecule has 2 aromatic rings. The first-order valence-electron chi connectivity index (χ1n) is 16.1. The highest BCUT2D eigenvalue weighted by molar-refractivity contribution is 6.12. The Morgan fingerprint density at radius 1 is 1.00 bits per heavy atom. The van der Waals surface area contributed by atoms with Crippen molar-refractivity contribution in [3.8, 4) is 0 Å². The Kier molecular flexibility index (Phi) is 8.65. The SMILES string of the molecule is Nc1nn2c(c1C(=O)Nc1cnccc1N1CCC(C(=O)N3CC(F)(F)C3)CC1)NCC(F)C21CCCCCCCCCC1. The van der Waals surface area contributed by atoms with Crippen molar-refractivity contribution in [2.45, 2.75) is 94.7 Å². The Balaban J connectivity index is 1.18. The molecule has 2 saturated heterocycles. The van der Waals surface area contributed by atoms with Gasteiger partial charge >= 0.3 is 0 Å². The molecule has 10 nitrogen and oxygen atoms in total. The number of nitrogens with one attached hydrogen (secondary N) is 2. The van der Waals surface area contributed by atoms with Gasteiger partial charge in [-0.05, 0) is 31.7 Å². The molecule has 4 aliphatic rings. The van der Waals surface area contributed by atoms with Gasteiger partial charge in [-0.15, -0.1) is 0 Å². The van der Waals surface area contributed by atoms with E-state index >= 15 is 4.39 Å². The summed E-state index contributed by atoms with van der Waals surface area (Å²) in [4.78, 5) is 34.0. The summed E-state index contributed by atoms with van der Waals surface area (Å²) in [6, 6.07) is 1.80. The maximum atomic E-state index is 15.8. The summed E-state index contributed by atoms with van der Waals surface area (Å²) in [5.41, 5.74) is 6.95. The van der Waals surface area contributed by atoms with Crippen LogP contribution in [-0.2, 0) is 10.3 Å². The van der Waals surface area contributed by atoms with Gasteiger partial charge in [-0.3, -0.25) is 14.6 Å². The van der Waals surface area contributed by atoms with E-state index in [1.165, 1.54) is 17.7 Å². The zero-order valence-corrected chi connectivity index (χ0v) is 25.2. The average Bonchev–Trinajstić information content (AvgIpc) is 3.32. The molecule has 13 heteroatoms. The quantitative estimate of drug-likeness (QED) is 0.433. The lowest BCUT2D eigenvalue weighted by atomic mass is 9.81. The molecule has 0 bridgehead atoms. The summed E-state index contributed by atoms with van der Waals surface area (Å²) >= 11 is 0. The van der Waals surface area contributed by atoms with Gasteiger partial charge < -0.3 is 26.2 Å². The third-order valence-electron chi connectivity index (χ3n) is 9.95. The van der Waals surface area contributed by atoms with Crippen molar-refractivity contribution in [3.63, 3.8) is 0 Å². The molecule has 2 amide bonds. The van der Waals surface area contributed by atoms with Gasteiger partial charge in [0.05, 0.1) is 36.2 Å². The van der Waals surface area contributed by atoms with Crippen molar-refractivity contribution in [1.82, 2.24) is 19.7 Å². The highest BCUT2D eigenvalue weighted by atomic mass is 19.3. The molecule has 44 heavy (non-hydrogen) atoms. The summed E-state index contributed by atoms with van der Waals surface area (Å²) in [6.45, 7) is 0.139. The molecule has 0 radical (unpaired) electrons. The summed E-state index contributed by atoms with van der Waals surface area (Å²) in [7, 11) is 0. The van der Waals surface area contributed by atoms with E-state index in [4.69, 9.17) is 5.73 Å². The molecule has 3 fully saturated rings. The van der Waals surface area contributed by atoms with Crippen LogP contribution in [-0.4, -0.2) is 76.3 Å². The molecule has 1 atom stereocenters. The first kappa shape index (κ1) is 30.5. The predicted molar refractivity (Wildman–Crippen MR) is 163 cm³/mol. The zero-order valence-electron chi connectivity index (χ0n) is 25.2. The number of piperidine rings is 1. The molecule has 4 N–H and O–H groups in total. The van der Waals surface area contributed by atoms with Gasteiger partial charge in [0.15, 0.2) is 5.82 Å². The van der Waals surface area contributed by atoms with Gasteiger partial charge in [0.2, 0.25) is 5.91 Å². The molecule has 2 aromatic heterocycles. The number of carbonyl (C=O) groups is 2. The van der Waals surface area contributed by atoms with Crippen LogP contribution in [0.15, 0.2) is 18.5 Å². The monoisotopic (exact) mass is 616 g/mol. The van der Waals surface area contributed by atoms with Gasteiger partial charge in [0.1, 0.15) is 17.6 Å². The van der Waals surface area contributed by atoms with Crippen LogP contribution in [0.25, 0.3) is 0 Å². The minimum atomic E-state index is -2.78. The topological polar surface area (TPSA) is 121 Å². The minimum absolute atomic E-state index is 0.0501. The van der Waals surface area contributed by atoms with Crippen LogP contribution in [0.3, 0.4) is 0 Å². The molecule has 1 saturated carbocycles. The minimum Gasteiger partial charge on any atom is -0.381 e. The second kappa shape index (κ2) is 12.5. The second-order valence-electron chi connectivity index (χ2n) is 13.0. The van der Waals surface area contributed by atoms with Gasteiger partial charge in [-0.2, -0.15) is 5.10 Å². The fourth-order valence-corrected chi connectivity index (χ4v) is 7.46. The van der Waals surface area contributed by atoms with E-state index in [1.807, 2.05) is 0 Å². The molecule has 1 spiro atoms. The van der Waals surface area contributed by atoms with Crippen molar-refractivity contribution >= 4 is 34.8 Å². The number of halogens is 3. The Hall–Kier alpha value is -3.51. The maximum Gasteiger partial charge on any atom is 0.282 e. The van der Waals surface area contributed by atoms with Crippen molar-refractivity contribution in [3.05, 3.63) is 24.0 Å². The first-order valence-corrected chi connectivity index (χ1v) is 16.1. The molecule has 1 unspecified atom stereocenters. The number of likely N-dealkylation sites (tertiary alicyclic amines) is 1. The van der Waals surface area contributed by atoms with Crippen LogP contribution in [0.2, 0.25) is 0 Å². The molecule has 240 valence electrons. The van der Waals surface area contributed by atoms with Crippen LogP contribution in [0.4, 0.5) is 36.2 Å². The molecule has 6 rings (SSSR count). The van der Waals surface area contributed by atoms with Crippen molar-refractivity contribution in [2.75, 3.05) is 54.0 Å². The molecular formula is C31H43F3N8O2. The number of aromatic nitrogens is 3. The van der Waals surface area contributed by atoms with Gasteiger partial charge in [0.25, 0.3) is 11.8 Å². The number of carbonyl (C=O) groups excluding carboxylic acids is 2. The number of anilines is 4. The Bertz CT molecular complexity index is 1340. The number of nitrogen functional groups attached to an aromatic ring is 1. The molecule has 0 aromatic carbocycles. The van der Waals surface area contributed by atoms with Gasteiger partial charge in [-0.1, -0.05) is 51.4 Å². The number of nitrogens with two attached hydrogens (primary N) is 1. The lowest BCUT2D eigenvalue weighted by Crippen LogP contribution is -2.60. The normalized spacial score (nSPS) is 24.0. The van der Waals surface area contributed by atoms with Crippen LogP contribution < -0.4 is 21.3 Å². The lowest BCUT2D eigenvalue weighted by Gasteiger charge is -2.42. The van der Waals surface area contributed by atoms with Crippen molar-refractivity contribution in [2.24, 2.45) is 5.92 Å². The third kappa shape index (κ3) is 5.93. The second-order valence-corrected chi connectivity index (χ2v) is 13.0. The van der Waals surface area contributed by atoms with Crippen LogP contribution in [0.1, 0.15) is 87.4 Å². The standard InChI is InChI=1S/C31H43F3N8O2/c32-24-18-37-27-25(26(35)39-42(27)30(24)12-7-5-3-1-2-4-6-8-13-30)28(43)38-22-17-36-14-9-23(22)40-15-10-21(11-16-40)29(44)41-19-31(33,34)20-41/h9,14,17,21,24,37H,1-8,10-13,15-16,18-20H2,(H2,35,39)(H,38,43). The number of alkyl halides is 3. The Morgan fingerprint density at radius 3 is 2.27 bits per heavy atom. The number of fused-ring (bicyclic) bond motifs is 2.